The van der Waals surface area contributed by atoms with Crippen molar-refractivity contribution in [1.29, 1.82) is 0 Å². The number of alkyl halides is 2. The third kappa shape index (κ3) is 3.42. The predicted octanol–water partition coefficient (Wildman–Crippen LogP) is 4.98. The highest BCUT2D eigenvalue weighted by molar-refractivity contribution is 6.32. The smallest absolute Gasteiger partial charge is 0.355 e. The molecule has 0 aliphatic rings. The molecule has 0 amide bonds. The normalized spacial score (nSPS) is 11.2. The number of aryl methyl sites for hydroxylation is 1. The van der Waals surface area contributed by atoms with E-state index in [1.54, 1.807) is 24.3 Å². The minimum atomic E-state index is -3.10. The third-order valence-corrected chi connectivity index (χ3v) is 3.99. The van der Waals surface area contributed by atoms with Crippen LogP contribution in [0.5, 0.6) is 11.5 Å². The molecule has 1 heterocycles. The van der Waals surface area contributed by atoms with Crippen LogP contribution in [0.2, 0.25) is 10.0 Å². The van der Waals surface area contributed by atoms with Gasteiger partial charge >= 0.3 is 12.2 Å². The van der Waals surface area contributed by atoms with Gasteiger partial charge in [-0.15, -0.1) is 5.10 Å². The second kappa shape index (κ2) is 7.05. The van der Waals surface area contributed by atoms with E-state index in [1.807, 2.05) is 0 Å². The first kappa shape index (κ1) is 18.3. The summed E-state index contributed by atoms with van der Waals surface area (Å²) in [7, 11) is 0. The summed E-state index contributed by atoms with van der Waals surface area (Å²) in [6.07, 6.45) is 0. The van der Waals surface area contributed by atoms with Crippen molar-refractivity contribution >= 4 is 23.2 Å². The van der Waals surface area contributed by atoms with Crippen LogP contribution < -0.4 is 10.4 Å². The molecule has 0 aliphatic heterocycles. The average Bonchev–Trinajstić information content (AvgIpc) is 2.86. The second-order valence-electron chi connectivity index (χ2n) is 5.18. The van der Waals surface area contributed by atoms with Gasteiger partial charge in [-0.3, -0.25) is 0 Å². The standard InChI is InChI=1S/C16H10Cl2F3N3O2/c1-8-22-24(16(25)23(8)15(20)21)13-7-14(11(18)6-12(13)19)26-10-4-2-9(17)3-5-10/h2-7,15H,1H3. The zero-order chi connectivity index (χ0) is 19.0. The minimum absolute atomic E-state index is 0.0153. The highest BCUT2D eigenvalue weighted by Gasteiger charge is 2.21. The molecule has 0 unspecified atom stereocenters. The Kier molecular flexibility index (Phi) is 4.97. The Morgan fingerprint density at radius 2 is 1.81 bits per heavy atom. The Hall–Kier alpha value is -2.45. The van der Waals surface area contributed by atoms with E-state index >= 15 is 0 Å². The van der Waals surface area contributed by atoms with Gasteiger partial charge in [-0.05, 0) is 37.3 Å². The average molecular weight is 404 g/mol. The molecule has 2 aromatic carbocycles. The molecule has 0 spiro atoms. The van der Waals surface area contributed by atoms with E-state index in [-0.39, 0.29) is 26.9 Å². The van der Waals surface area contributed by atoms with Crippen molar-refractivity contribution in [3.8, 4) is 17.2 Å². The van der Waals surface area contributed by atoms with Crippen molar-refractivity contribution in [2.45, 2.75) is 13.5 Å². The van der Waals surface area contributed by atoms with Gasteiger partial charge in [0.2, 0.25) is 0 Å². The van der Waals surface area contributed by atoms with Crippen LogP contribution in [0.25, 0.3) is 5.69 Å². The summed E-state index contributed by atoms with van der Waals surface area (Å²) in [5, 5.41) is 4.10. The molecule has 0 N–H and O–H groups in total. The highest BCUT2D eigenvalue weighted by Crippen LogP contribution is 2.33. The van der Waals surface area contributed by atoms with Crippen LogP contribution in [0.1, 0.15) is 12.4 Å². The van der Waals surface area contributed by atoms with Gasteiger partial charge in [-0.1, -0.05) is 23.2 Å². The van der Waals surface area contributed by atoms with Gasteiger partial charge in [-0.25, -0.2) is 13.8 Å². The third-order valence-electron chi connectivity index (χ3n) is 3.45. The van der Waals surface area contributed by atoms with Crippen molar-refractivity contribution in [2.75, 3.05) is 0 Å². The van der Waals surface area contributed by atoms with Crippen molar-refractivity contribution in [2.24, 2.45) is 0 Å². The molecule has 3 rings (SSSR count). The zero-order valence-corrected chi connectivity index (χ0v) is 14.6. The molecule has 0 atom stereocenters. The number of rotatable bonds is 4. The Morgan fingerprint density at radius 1 is 1.15 bits per heavy atom. The molecule has 10 heteroatoms. The fourth-order valence-electron chi connectivity index (χ4n) is 2.25. The fraction of sp³-hybridized carbons (Fsp3) is 0.125. The Balaban J connectivity index is 2.08. The first-order chi connectivity index (χ1) is 12.3. The lowest BCUT2D eigenvalue weighted by Gasteiger charge is -2.10. The Labute approximate surface area is 155 Å². The van der Waals surface area contributed by atoms with Gasteiger partial charge in [0.05, 0.1) is 5.02 Å². The van der Waals surface area contributed by atoms with E-state index < -0.39 is 18.1 Å². The maximum absolute atomic E-state index is 14.3. The number of nitrogens with zero attached hydrogens (tertiary/aromatic N) is 3. The van der Waals surface area contributed by atoms with E-state index in [0.29, 0.717) is 15.5 Å². The predicted molar refractivity (Wildman–Crippen MR) is 90.3 cm³/mol. The largest absolute Gasteiger partial charge is 0.456 e. The molecule has 0 saturated carbocycles. The lowest BCUT2D eigenvalue weighted by Crippen LogP contribution is -2.25. The molecule has 3 aromatic rings. The van der Waals surface area contributed by atoms with Crippen LogP contribution in [0.3, 0.4) is 0 Å². The lowest BCUT2D eigenvalue weighted by atomic mass is 10.2. The number of hydrogen-bond acceptors (Lipinski definition) is 3. The van der Waals surface area contributed by atoms with Crippen LogP contribution in [0.15, 0.2) is 41.2 Å². The monoisotopic (exact) mass is 403 g/mol. The van der Waals surface area contributed by atoms with Crippen LogP contribution in [-0.2, 0) is 0 Å². The molecular formula is C16H10Cl2F3N3O2. The maximum atomic E-state index is 14.3. The lowest BCUT2D eigenvalue weighted by molar-refractivity contribution is 0.0640. The molecular weight excluding hydrogens is 394 g/mol. The maximum Gasteiger partial charge on any atom is 0.355 e. The van der Waals surface area contributed by atoms with Crippen LogP contribution >= 0.6 is 23.2 Å². The molecule has 136 valence electrons. The first-order valence-corrected chi connectivity index (χ1v) is 7.92. The van der Waals surface area contributed by atoms with Gasteiger partial charge < -0.3 is 4.74 Å². The van der Waals surface area contributed by atoms with E-state index in [4.69, 9.17) is 27.9 Å². The van der Waals surface area contributed by atoms with Crippen molar-refractivity contribution in [3.63, 3.8) is 0 Å². The zero-order valence-electron chi connectivity index (χ0n) is 13.1. The Bertz CT molecular complexity index is 1020. The molecule has 26 heavy (non-hydrogen) atoms. The summed E-state index contributed by atoms with van der Waals surface area (Å²) < 4.78 is 46.4. The fourth-order valence-corrected chi connectivity index (χ4v) is 2.56. The quantitative estimate of drug-likeness (QED) is 0.617. The van der Waals surface area contributed by atoms with E-state index in [1.165, 1.54) is 6.92 Å². The van der Waals surface area contributed by atoms with E-state index in [0.717, 1.165) is 12.1 Å². The van der Waals surface area contributed by atoms with Crippen LogP contribution in [-0.4, -0.2) is 14.3 Å². The number of halogens is 5. The number of benzene rings is 2. The van der Waals surface area contributed by atoms with Gasteiger partial charge in [0.1, 0.15) is 23.0 Å². The van der Waals surface area contributed by atoms with E-state index in [9.17, 15) is 18.0 Å². The van der Waals surface area contributed by atoms with Crippen LogP contribution in [0.4, 0.5) is 13.2 Å². The summed E-state index contributed by atoms with van der Waals surface area (Å²) in [5.41, 5.74) is -1.55. The van der Waals surface area contributed by atoms with Crippen molar-refractivity contribution < 1.29 is 17.9 Å². The summed E-state index contributed by atoms with van der Waals surface area (Å²) in [6, 6.07) is 8.29. The molecule has 0 aliphatic carbocycles. The number of hydrogen-bond donors (Lipinski definition) is 0. The second-order valence-corrected chi connectivity index (χ2v) is 6.02. The minimum Gasteiger partial charge on any atom is -0.456 e. The highest BCUT2D eigenvalue weighted by atomic mass is 35.5. The molecule has 5 nitrogen and oxygen atoms in total. The number of ether oxygens (including phenoxy) is 1. The number of aromatic nitrogens is 3. The first-order valence-electron chi connectivity index (χ1n) is 7.17. The summed E-state index contributed by atoms with van der Waals surface area (Å²) in [6.45, 7) is -1.89. The topological polar surface area (TPSA) is 49.1 Å². The molecule has 0 bridgehead atoms. The SMILES string of the molecule is Cc1nn(-c2cc(Oc3ccc(Cl)cc3)c(Cl)cc2F)c(=O)n1C(F)F. The summed E-state index contributed by atoms with van der Waals surface area (Å²) in [4.78, 5) is 12.1. The van der Waals surface area contributed by atoms with Gasteiger partial charge in [0.15, 0.2) is 5.82 Å². The van der Waals surface area contributed by atoms with E-state index in [2.05, 4.69) is 5.10 Å². The Morgan fingerprint density at radius 3 is 2.38 bits per heavy atom. The molecule has 0 radical (unpaired) electrons. The molecule has 0 fully saturated rings. The van der Waals surface area contributed by atoms with Crippen molar-refractivity contribution in [1.82, 2.24) is 14.3 Å². The van der Waals surface area contributed by atoms with Crippen LogP contribution in [0, 0.1) is 12.7 Å². The summed E-state index contributed by atoms with van der Waals surface area (Å²) >= 11 is 11.8. The van der Waals surface area contributed by atoms with Gasteiger partial charge in [0.25, 0.3) is 0 Å². The molecule has 0 saturated heterocycles. The molecule has 1 aromatic heterocycles. The summed E-state index contributed by atoms with van der Waals surface area (Å²) in [5.74, 6) is -0.809. The van der Waals surface area contributed by atoms with Gasteiger partial charge in [-0.2, -0.15) is 13.5 Å². The van der Waals surface area contributed by atoms with Gasteiger partial charge in [0, 0.05) is 11.1 Å². The van der Waals surface area contributed by atoms with Crippen molar-refractivity contribution in [3.05, 3.63) is 68.6 Å².